The maximum Gasteiger partial charge on any atom is 0.296 e. The van der Waals surface area contributed by atoms with Crippen LogP contribution in [0, 0.1) is 5.82 Å². The number of nitrogens with two attached hydrogens (primary N) is 1. The number of aliphatic hydroxyl groups is 1. The molecule has 0 aromatic heterocycles. The molecule has 1 rings (SSSR count). The number of benzene rings is 1. The molecule has 3 N–H and O–H groups in total. The van der Waals surface area contributed by atoms with Gasteiger partial charge in [-0.25, -0.2) is 18.2 Å². The molecule has 0 aliphatic rings. The lowest BCUT2D eigenvalue weighted by Gasteiger charge is -2.22. The quantitative estimate of drug-likeness (QED) is 0.496. The second-order valence-electron chi connectivity index (χ2n) is 3.96. The van der Waals surface area contributed by atoms with Crippen LogP contribution in [0.5, 0.6) is 0 Å². The first-order chi connectivity index (χ1) is 9.87. The van der Waals surface area contributed by atoms with E-state index in [9.17, 15) is 13.2 Å². The Hall–Kier alpha value is -1.64. The second-order valence-corrected chi connectivity index (χ2v) is 4.34. The zero-order chi connectivity index (χ0) is 16.2. The van der Waals surface area contributed by atoms with E-state index in [0.29, 0.717) is 5.01 Å². The van der Waals surface area contributed by atoms with Gasteiger partial charge in [0.2, 0.25) is 0 Å². The molecule has 0 bridgehead atoms. The Bertz CT molecular complexity index is 554. The van der Waals surface area contributed by atoms with Crippen LogP contribution < -0.4 is 10.7 Å². The molecule has 9 heteroatoms. The van der Waals surface area contributed by atoms with Crippen molar-refractivity contribution in [2.45, 2.75) is 12.5 Å². The van der Waals surface area contributed by atoms with Crippen LogP contribution in [0.4, 0.5) is 18.9 Å². The van der Waals surface area contributed by atoms with Gasteiger partial charge in [0.15, 0.2) is 5.84 Å². The van der Waals surface area contributed by atoms with Gasteiger partial charge in [-0.2, -0.15) is 5.10 Å². The van der Waals surface area contributed by atoms with E-state index < -0.39 is 35.7 Å². The first-order valence-electron chi connectivity index (χ1n) is 5.74. The highest BCUT2D eigenvalue weighted by molar-refractivity contribution is 6.34. The van der Waals surface area contributed by atoms with Crippen LogP contribution in [-0.2, 0) is 0 Å². The molecular weight excluding hydrogens is 309 g/mol. The van der Waals surface area contributed by atoms with Crippen LogP contribution in [0.15, 0.2) is 22.2 Å². The molecule has 116 valence electrons. The number of rotatable bonds is 5. The number of alkyl halides is 2. The van der Waals surface area contributed by atoms with E-state index in [0.717, 1.165) is 13.1 Å². The van der Waals surface area contributed by atoms with Crippen LogP contribution in [0.2, 0.25) is 5.02 Å². The van der Waals surface area contributed by atoms with Gasteiger partial charge in [-0.05, 0) is 17.7 Å². The Morgan fingerprint density at radius 2 is 2.14 bits per heavy atom. The molecule has 0 saturated carbocycles. The number of aliphatic hydroxyl groups excluding tert-OH is 1. The van der Waals surface area contributed by atoms with Crippen LogP contribution in [0.25, 0.3) is 0 Å². The minimum atomic E-state index is -2.96. The molecule has 1 aromatic carbocycles. The number of hydrogen-bond donors (Lipinski definition) is 2. The van der Waals surface area contributed by atoms with Crippen LogP contribution in [-0.4, -0.2) is 37.7 Å². The molecule has 0 saturated heterocycles. The number of anilines is 1. The van der Waals surface area contributed by atoms with E-state index in [-0.39, 0.29) is 11.3 Å². The van der Waals surface area contributed by atoms with E-state index >= 15 is 0 Å². The summed E-state index contributed by atoms with van der Waals surface area (Å²) in [5.41, 5.74) is 5.57. The van der Waals surface area contributed by atoms with Gasteiger partial charge >= 0.3 is 0 Å². The smallest absolute Gasteiger partial charge is 0.296 e. The van der Waals surface area contributed by atoms with Gasteiger partial charge in [0.25, 0.3) is 6.43 Å². The van der Waals surface area contributed by atoms with Gasteiger partial charge in [-0.1, -0.05) is 11.6 Å². The van der Waals surface area contributed by atoms with Crippen molar-refractivity contribution in [3.8, 4) is 0 Å². The fraction of sp³-hybridized carbons (Fsp3) is 0.333. The van der Waals surface area contributed by atoms with Gasteiger partial charge in [-0.15, -0.1) is 0 Å². The van der Waals surface area contributed by atoms with Crippen molar-refractivity contribution in [1.82, 2.24) is 0 Å². The molecule has 0 spiro atoms. The maximum atomic E-state index is 13.8. The lowest BCUT2D eigenvalue weighted by molar-refractivity contribution is 0.223. The minimum absolute atomic E-state index is 0.174. The van der Waals surface area contributed by atoms with E-state index in [4.69, 9.17) is 22.4 Å². The highest BCUT2D eigenvalue weighted by Crippen LogP contribution is 2.33. The van der Waals surface area contributed by atoms with Crippen molar-refractivity contribution in [1.29, 1.82) is 0 Å². The van der Waals surface area contributed by atoms with Gasteiger partial charge in [0.05, 0.1) is 18.3 Å². The highest BCUT2D eigenvalue weighted by Gasteiger charge is 2.25. The summed E-state index contributed by atoms with van der Waals surface area (Å²) in [6.07, 6.45) is -2.96. The van der Waals surface area contributed by atoms with Gasteiger partial charge in [0, 0.05) is 13.8 Å². The lowest BCUT2D eigenvalue weighted by atomic mass is 10.1. The first kappa shape index (κ1) is 17.4. The Balaban J connectivity index is 3.45. The fourth-order valence-electron chi connectivity index (χ4n) is 1.63. The topological polar surface area (TPSA) is 74.2 Å². The largest absolute Gasteiger partial charge is 0.394 e. The van der Waals surface area contributed by atoms with Crippen LogP contribution in [0.3, 0.4) is 0 Å². The molecular formula is C12H14ClF3N4O. The Morgan fingerprint density at radius 1 is 1.52 bits per heavy atom. The predicted molar refractivity (Wildman–Crippen MR) is 76.8 cm³/mol. The molecule has 1 aromatic rings. The predicted octanol–water partition coefficient (Wildman–Crippen LogP) is 2.19. The summed E-state index contributed by atoms with van der Waals surface area (Å²) in [5.74, 6) is -1.63. The van der Waals surface area contributed by atoms with E-state index in [1.165, 1.54) is 6.07 Å². The monoisotopic (exact) mass is 322 g/mol. The number of amidine groups is 1. The Morgan fingerprint density at radius 3 is 2.57 bits per heavy atom. The van der Waals surface area contributed by atoms with Crippen molar-refractivity contribution < 1.29 is 18.3 Å². The number of nitrogens with zero attached hydrogens (tertiary/aromatic N) is 3. The highest BCUT2D eigenvalue weighted by atomic mass is 35.5. The summed E-state index contributed by atoms with van der Waals surface area (Å²) < 4.78 is 39.7. The van der Waals surface area contributed by atoms with Crippen molar-refractivity contribution in [3.63, 3.8) is 0 Å². The molecule has 0 aliphatic heterocycles. The zero-order valence-electron chi connectivity index (χ0n) is 11.1. The standard InChI is InChI=1S/C12H14ClF3N4O/c1-18-12(11(15)16)20(19-2)9-4-6(8(17)5-21)3-7(14)10(9)13/h3-4,8,11,21H,2,5,17H2,1H3/t8-/m1/s1. The zero-order valence-corrected chi connectivity index (χ0v) is 11.9. The first-order valence-corrected chi connectivity index (χ1v) is 6.12. The molecule has 0 fully saturated rings. The lowest BCUT2D eigenvalue weighted by Crippen LogP contribution is -2.32. The van der Waals surface area contributed by atoms with Gasteiger partial charge < -0.3 is 10.8 Å². The summed E-state index contributed by atoms with van der Waals surface area (Å²) >= 11 is 5.78. The van der Waals surface area contributed by atoms with Crippen LogP contribution >= 0.6 is 11.6 Å². The summed E-state index contributed by atoms with van der Waals surface area (Å²) in [5, 5.41) is 12.6. The normalized spacial score (nSPS) is 13.4. The molecule has 0 unspecified atom stereocenters. The second kappa shape index (κ2) is 7.39. The number of halogens is 4. The Kier molecular flexibility index (Phi) is 6.13. The molecule has 0 aliphatic carbocycles. The average Bonchev–Trinajstić information content (AvgIpc) is 2.46. The van der Waals surface area contributed by atoms with E-state index in [1.54, 1.807) is 0 Å². The summed E-state index contributed by atoms with van der Waals surface area (Å²) in [7, 11) is 1.13. The van der Waals surface area contributed by atoms with Crippen molar-refractivity contribution in [2.24, 2.45) is 15.8 Å². The molecule has 0 heterocycles. The summed E-state index contributed by atoms with van der Waals surface area (Å²) in [4.78, 5) is 3.40. The number of hydrazone groups is 1. The third kappa shape index (κ3) is 3.72. The Labute approximate surface area is 124 Å². The van der Waals surface area contributed by atoms with E-state index in [2.05, 4.69) is 16.8 Å². The minimum Gasteiger partial charge on any atom is -0.394 e. The molecule has 0 radical (unpaired) electrons. The van der Waals surface area contributed by atoms with Gasteiger partial charge in [-0.3, -0.25) is 4.99 Å². The third-order valence-corrected chi connectivity index (χ3v) is 3.04. The molecule has 5 nitrogen and oxygen atoms in total. The van der Waals surface area contributed by atoms with Crippen molar-refractivity contribution in [3.05, 3.63) is 28.5 Å². The molecule has 1 atom stereocenters. The SMILES string of the molecule is C=NN(C(=NC)C(F)F)c1cc([C@H](N)CO)cc(F)c1Cl. The fourth-order valence-corrected chi connectivity index (χ4v) is 1.81. The molecule has 0 amide bonds. The van der Waals surface area contributed by atoms with E-state index in [1.807, 2.05) is 0 Å². The molecule has 21 heavy (non-hydrogen) atoms. The van der Waals surface area contributed by atoms with Crippen LogP contribution in [0.1, 0.15) is 11.6 Å². The van der Waals surface area contributed by atoms with Crippen molar-refractivity contribution in [2.75, 3.05) is 18.7 Å². The third-order valence-electron chi connectivity index (χ3n) is 2.67. The maximum absolute atomic E-state index is 13.8. The average molecular weight is 323 g/mol. The summed E-state index contributed by atoms with van der Waals surface area (Å²) in [6, 6.07) is 1.36. The van der Waals surface area contributed by atoms with Gasteiger partial charge in [0.1, 0.15) is 10.8 Å². The number of hydrogen-bond acceptors (Lipinski definition) is 4. The van der Waals surface area contributed by atoms with Crippen molar-refractivity contribution >= 4 is 29.8 Å². The summed E-state index contributed by atoms with van der Waals surface area (Å²) in [6.45, 7) is 2.70. The number of aliphatic imine (C=N–C) groups is 1.